The van der Waals surface area contributed by atoms with Gasteiger partial charge >= 0.3 is 0 Å². The third-order valence-corrected chi connectivity index (χ3v) is 3.55. The summed E-state index contributed by atoms with van der Waals surface area (Å²) in [5, 5.41) is 0.554. The number of aromatic nitrogens is 2. The maximum Gasteiger partial charge on any atom is 0.225 e. The molecule has 0 amide bonds. The number of nitrogens with zero attached hydrogens (tertiary/aromatic N) is 3. The van der Waals surface area contributed by atoms with Crippen LogP contribution in [0.15, 0.2) is 6.20 Å². The van der Waals surface area contributed by atoms with Crippen molar-refractivity contribution in [3.05, 3.63) is 16.9 Å². The second-order valence-electron chi connectivity index (χ2n) is 4.75. The van der Waals surface area contributed by atoms with Gasteiger partial charge in [-0.05, 0) is 0 Å². The molecule has 1 aromatic heterocycles. The largest absolute Gasteiger partial charge is 0.380 e. The molecule has 17 heavy (non-hydrogen) atoms. The molecule has 2 aliphatic heterocycles. The number of hydrogen-bond donors (Lipinski definition) is 0. The Morgan fingerprint density at radius 1 is 1.53 bits per heavy atom. The summed E-state index contributed by atoms with van der Waals surface area (Å²) < 4.78 is 10.3. The molecule has 3 heterocycles. The van der Waals surface area contributed by atoms with Crippen molar-refractivity contribution < 1.29 is 9.47 Å². The van der Waals surface area contributed by atoms with Crippen molar-refractivity contribution >= 4 is 17.5 Å². The van der Waals surface area contributed by atoms with E-state index in [0.29, 0.717) is 17.0 Å². The van der Waals surface area contributed by atoms with Crippen LogP contribution in [0.5, 0.6) is 0 Å². The van der Waals surface area contributed by atoms with E-state index >= 15 is 0 Å². The molecule has 2 saturated heterocycles. The molecule has 0 radical (unpaired) electrons. The Kier molecular flexibility index (Phi) is 2.69. The lowest BCUT2D eigenvalue weighted by Gasteiger charge is -2.54. The molecular formula is C11H14ClN3O2. The molecule has 0 saturated carbocycles. The molecule has 2 aliphatic rings. The summed E-state index contributed by atoms with van der Waals surface area (Å²) in [6, 6.07) is 0. The molecule has 0 aromatic carbocycles. The summed E-state index contributed by atoms with van der Waals surface area (Å²) in [6.07, 6.45) is 1.64. The molecule has 1 spiro atoms. The van der Waals surface area contributed by atoms with Crippen molar-refractivity contribution in [2.45, 2.75) is 6.61 Å². The Balaban J connectivity index is 1.73. The molecule has 0 aliphatic carbocycles. The van der Waals surface area contributed by atoms with Gasteiger partial charge in [0.25, 0.3) is 0 Å². The number of anilines is 1. The van der Waals surface area contributed by atoms with Crippen LogP contribution in [0.25, 0.3) is 0 Å². The Morgan fingerprint density at radius 2 is 2.29 bits per heavy atom. The van der Waals surface area contributed by atoms with Gasteiger partial charge in [0, 0.05) is 20.2 Å². The summed E-state index contributed by atoms with van der Waals surface area (Å²) in [6.45, 7) is 4.09. The Bertz CT molecular complexity index is 429. The minimum Gasteiger partial charge on any atom is -0.380 e. The van der Waals surface area contributed by atoms with Gasteiger partial charge in [0.15, 0.2) is 0 Å². The molecule has 3 rings (SSSR count). The van der Waals surface area contributed by atoms with Gasteiger partial charge in [-0.1, -0.05) is 11.6 Å². The molecule has 1 aromatic rings. The topological polar surface area (TPSA) is 47.5 Å². The number of methoxy groups -OCH3 is 1. The van der Waals surface area contributed by atoms with E-state index in [4.69, 9.17) is 21.1 Å². The first-order valence-electron chi connectivity index (χ1n) is 5.55. The summed E-state index contributed by atoms with van der Waals surface area (Å²) in [7, 11) is 1.63. The van der Waals surface area contributed by atoms with E-state index in [9.17, 15) is 0 Å². The first kappa shape index (κ1) is 11.2. The highest BCUT2D eigenvalue weighted by Gasteiger charge is 2.49. The van der Waals surface area contributed by atoms with E-state index in [1.807, 2.05) is 0 Å². The molecule has 0 N–H and O–H groups in total. The van der Waals surface area contributed by atoms with Crippen LogP contribution in [0.2, 0.25) is 5.02 Å². The summed E-state index contributed by atoms with van der Waals surface area (Å²) >= 11 is 5.99. The van der Waals surface area contributed by atoms with Crippen molar-refractivity contribution in [3.63, 3.8) is 0 Å². The van der Waals surface area contributed by atoms with Gasteiger partial charge in [0.2, 0.25) is 5.95 Å². The number of halogens is 1. The fourth-order valence-electron chi connectivity index (χ4n) is 2.26. The summed E-state index contributed by atoms with van der Waals surface area (Å²) in [4.78, 5) is 10.8. The average molecular weight is 256 g/mol. The zero-order valence-corrected chi connectivity index (χ0v) is 10.4. The van der Waals surface area contributed by atoms with Gasteiger partial charge in [0.1, 0.15) is 0 Å². The first-order chi connectivity index (χ1) is 8.22. The third-order valence-electron chi connectivity index (χ3n) is 3.24. The van der Waals surface area contributed by atoms with E-state index < -0.39 is 0 Å². The van der Waals surface area contributed by atoms with Gasteiger partial charge in [-0.15, -0.1) is 0 Å². The van der Waals surface area contributed by atoms with Gasteiger partial charge in [-0.25, -0.2) is 9.97 Å². The van der Waals surface area contributed by atoms with Crippen LogP contribution in [0, 0.1) is 5.41 Å². The first-order valence-corrected chi connectivity index (χ1v) is 5.93. The van der Waals surface area contributed by atoms with Crippen molar-refractivity contribution in [3.8, 4) is 0 Å². The SMILES string of the molecule is COCc1nc(N2CC3(COC3)C2)ncc1Cl. The normalized spacial score (nSPS) is 21.2. The Morgan fingerprint density at radius 3 is 2.88 bits per heavy atom. The second kappa shape index (κ2) is 4.08. The lowest BCUT2D eigenvalue weighted by Crippen LogP contribution is -2.66. The highest BCUT2D eigenvalue weighted by atomic mass is 35.5. The van der Waals surface area contributed by atoms with Crippen LogP contribution in [0.1, 0.15) is 5.69 Å². The minimum absolute atomic E-state index is 0.365. The molecule has 0 atom stereocenters. The van der Waals surface area contributed by atoms with Crippen LogP contribution in [0.4, 0.5) is 5.95 Å². The number of rotatable bonds is 3. The van der Waals surface area contributed by atoms with E-state index in [0.717, 1.165) is 37.9 Å². The summed E-state index contributed by atoms with van der Waals surface area (Å²) in [5.74, 6) is 0.735. The van der Waals surface area contributed by atoms with Gasteiger partial charge < -0.3 is 14.4 Å². The maximum absolute atomic E-state index is 5.99. The molecule has 0 bridgehead atoms. The van der Waals surface area contributed by atoms with Crippen molar-refractivity contribution in [1.82, 2.24) is 9.97 Å². The van der Waals surface area contributed by atoms with Crippen molar-refractivity contribution in [1.29, 1.82) is 0 Å². The molecule has 2 fully saturated rings. The summed E-state index contributed by atoms with van der Waals surface area (Å²) in [5.41, 5.74) is 1.11. The van der Waals surface area contributed by atoms with Gasteiger partial charge in [-0.2, -0.15) is 0 Å². The van der Waals surface area contributed by atoms with Crippen LogP contribution in [-0.2, 0) is 16.1 Å². The zero-order chi connectivity index (χ0) is 11.9. The van der Waals surface area contributed by atoms with E-state index in [1.165, 1.54) is 0 Å². The molecule has 6 heteroatoms. The smallest absolute Gasteiger partial charge is 0.225 e. The fraction of sp³-hybridized carbons (Fsp3) is 0.636. The van der Waals surface area contributed by atoms with Crippen molar-refractivity contribution in [2.75, 3.05) is 38.3 Å². The van der Waals surface area contributed by atoms with E-state index in [-0.39, 0.29) is 0 Å². The quantitative estimate of drug-likeness (QED) is 0.810. The molecule has 0 unspecified atom stereocenters. The van der Waals surface area contributed by atoms with Gasteiger partial charge in [0.05, 0.1) is 42.1 Å². The lowest BCUT2D eigenvalue weighted by molar-refractivity contribution is -0.127. The third kappa shape index (κ3) is 1.88. The second-order valence-corrected chi connectivity index (χ2v) is 5.15. The minimum atomic E-state index is 0.365. The number of hydrogen-bond acceptors (Lipinski definition) is 5. The zero-order valence-electron chi connectivity index (χ0n) is 9.65. The van der Waals surface area contributed by atoms with Crippen LogP contribution < -0.4 is 4.90 Å². The van der Waals surface area contributed by atoms with Crippen LogP contribution >= 0.6 is 11.6 Å². The predicted octanol–water partition coefficient (Wildman–Crippen LogP) is 1.11. The average Bonchev–Trinajstić information content (AvgIpc) is 2.19. The van der Waals surface area contributed by atoms with Crippen molar-refractivity contribution in [2.24, 2.45) is 5.41 Å². The molecular weight excluding hydrogens is 242 g/mol. The Labute approximate surface area is 105 Å². The fourth-order valence-corrected chi connectivity index (χ4v) is 2.41. The number of ether oxygens (including phenoxy) is 2. The molecule has 92 valence electrons. The van der Waals surface area contributed by atoms with Gasteiger partial charge in [-0.3, -0.25) is 0 Å². The maximum atomic E-state index is 5.99. The highest BCUT2D eigenvalue weighted by Crippen LogP contribution is 2.39. The molecule has 5 nitrogen and oxygen atoms in total. The lowest BCUT2D eigenvalue weighted by atomic mass is 9.78. The van der Waals surface area contributed by atoms with E-state index in [1.54, 1.807) is 13.3 Å². The monoisotopic (exact) mass is 255 g/mol. The predicted molar refractivity (Wildman–Crippen MR) is 63.2 cm³/mol. The van der Waals surface area contributed by atoms with E-state index in [2.05, 4.69) is 14.9 Å². The Hall–Kier alpha value is -0.910. The van der Waals surface area contributed by atoms with Crippen LogP contribution in [0.3, 0.4) is 0 Å². The standard InChI is InChI=1S/C11H14ClN3O2/c1-16-3-9-8(12)2-13-10(14-9)15-4-11(5-15)6-17-7-11/h2H,3-7H2,1H3. The van der Waals surface area contributed by atoms with Crippen LogP contribution in [-0.4, -0.2) is 43.4 Å². The highest BCUT2D eigenvalue weighted by molar-refractivity contribution is 6.31.